The molecule has 2 aromatic heterocycles. The highest BCUT2D eigenvalue weighted by Gasteiger charge is 2.11. The minimum Gasteiger partial charge on any atom is -0.398 e. The molecular formula is C12H10FN5S. The molecule has 0 spiro atoms. The number of hydrogen-bond acceptors (Lipinski definition) is 5. The number of nitrogens with one attached hydrogen (secondary N) is 1. The number of fused-ring (bicyclic) bond motifs is 1. The van der Waals surface area contributed by atoms with Gasteiger partial charge in [-0.05, 0) is 24.6 Å². The Bertz CT molecular complexity index is 755. The van der Waals surface area contributed by atoms with Gasteiger partial charge in [-0.2, -0.15) is 0 Å². The van der Waals surface area contributed by atoms with E-state index in [9.17, 15) is 4.39 Å². The van der Waals surface area contributed by atoms with Crippen LogP contribution in [0.3, 0.4) is 0 Å². The summed E-state index contributed by atoms with van der Waals surface area (Å²) in [4.78, 5) is 16.0. The molecule has 0 saturated carbocycles. The number of nitrogens with zero attached hydrogens (tertiary/aromatic N) is 3. The molecule has 0 fully saturated rings. The molecule has 3 N–H and O–H groups in total. The van der Waals surface area contributed by atoms with Crippen molar-refractivity contribution in [2.45, 2.75) is 16.8 Å². The molecule has 3 rings (SSSR count). The summed E-state index contributed by atoms with van der Waals surface area (Å²) >= 11 is 1.36. The average Bonchev–Trinajstić information content (AvgIpc) is 2.85. The van der Waals surface area contributed by atoms with Crippen molar-refractivity contribution in [1.29, 1.82) is 0 Å². The van der Waals surface area contributed by atoms with Gasteiger partial charge < -0.3 is 10.7 Å². The van der Waals surface area contributed by atoms with Crippen LogP contribution in [0.4, 0.5) is 10.1 Å². The summed E-state index contributed by atoms with van der Waals surface area (Å²) in [7, 11) is 0. The quantitative estimate of drug-likeness (QED) is 0.555. The van der Waals surface area contributed by atoms with Gasteiger partial charge in [0.05, 0.1) is 6.33 Å². The zero-order valence-corrected chi connectivity index (χ0v) is 10.8. The number of aromatic nitrogens is 4. The fraction of sp³-hybridized carbons (Fsp3) is 0.0833. The lowest BCUT2D eigenvalue weighted by Crippen LogP contribution is -1.94. The number of halogens is 1. The fourth-order valence-electron chi connectivity index (χ4n) is 1.68. The Kier molecular flexibility index (Phi) is 2.83. The van der Waals surface area contributed by atoms with Gasteiger partial charge in [-0.3, -0.25) is 0 Å². The van der Waals surface area contributed by atoms with Gasteiger partial charge in [0.2, 0.25) is 0 Å². The maximum atomic E-state index is 13.4. The summed E-state index contributed by atoms with van der Waals surface area (Å²) in [6.45, 7) is 1.70. The zero-order valence-electron chi connectivity index (χ0n) is 10.0. The number of rotatable bonds is 2. The van der Waals surface area contributed by atoms with E-state index >= 15 is 0 Å². The summed E-state index contributed by atoms with van der Waals surface area (Å²) in [5, 5.41) is 0.709. The topological polar surface area (TPSA) is 80.5 Å². The molecule has 7 heteroatoms. The molecule has 5 nitrogen and oxygen atoms in total. The summed E-state index contributed by atoms with van der Waals surface area (Å²) < 4.78 is 13.4. The standard InChI is InChI=1S/C12H10FN5S/c1-6-2-9(8(14)3-7(6)13)19-12-10-11(16-4-15-10)17-5-18-12/h2-5H,14H2,1H3,(H,15,16,17,18). The van der Waals surface area contributed by atoms with E-state index in [0.717, 1.165) is 10.4 Å². The van der Waals surface area contributed by atoms with Crippen molar-refractivity contribution in [2.24, 2.45) is 0 Å². The van der Waals surface area contributed by atoms with E-state index in [4.69, 9.17) is 5.73 Å². The van der Waals surface area contributed by atoms with Crippen molar-refractivity contribution in [3.63, 3.8) is 0 Å². The Balaban J connectivity index is 2.06. The van der Waals surface area contributed by atoms with Crippen molar-refractivity contribution < 1.29 is 4.39 Å². The van der Waals surface area contributed by atoms with Crippen LogP contribution in [0.1, 0.15) is 5.56 Å². The van der Waals surface area contributed by atoms with E-state index in [1.54, 1.807) is 19.3 Å². The molecule has 0 aliphatic carbocycles. The van der Waals surface area contributed by atoms with Gasteiger partial charge >= 0.3 is 0 Å². The molecular weight excluding hydrogens is 265 g/mol. The third-order valence-electron chi connectivity index (χ3n) is 2.69. The number of benzene rings is 1. The van der Waals surface area contributed by atoms with E-state index in [2.05, 4.69) is 19.9 Å². The summed E-state index contributed by atoms with van der Waals surface area (Å²) in [6, 6.07) is 3.03. The zero-order chi connectivity index (χ0) is 13.4. The Labute approximate surface area is 112 Å². The van der Waals surface area contributed by atoms with Crippen LogP contribution in [0.2, 0.25) is 0 Å². The molecule has 3 aromatic rings. The number of nitrogens with two attached hydrogens (primary N) is 1. The number of aryl methyl sites for hydroxylation is 1. The number of aromatic amines is 1. The first kappa shape index (κ1) is 11.9. The monoisotopic (exact) mass is 275 g/mol. The molecule has 96 valence electrons. The van der Waals surface area contributed by atoms with Crippen LogP contribution in [0.5, 0.6) is 0 Å². The Morgan fingerprint density at radius 1 is 1.26 bits per heavy atom. The van der Waals surface area contributed by atoms with Crippen molar-refractivity contribution in [1.82, 2.24) is 19.9 Å². The number of anilines is 1. The predicted molar refractivity (Wildman–Crippen MR) is 71.4 cm³/mol. The van der Waals surface area contributed by atoms with Crippen LogP contribution in [-0.2, 0) is 0 Å². The van der Waals surface area contributed by atoms with Gasteiger partial charge in [-0.1, -0.05) is 11.8 Å². The SMILES string of the molecule is Cc1cc(Sc2ncnc3nc[nH]c23)c(N)cc1F. The van der Waals surface area contributed by atoms with Crippen molar-refractivity contribution in [2.75, 3.05) is 5.73 Å². The van der Waals surface area contributed by atoms with Gasteiger partial charge in [0.15, 0.2) is 5.65 Å². The lowest BCUT2D eigenvalue weighted by molar-refractivity contribution is 0.618. The normalized spacial score (nSPS) is 11.1. The molecule has 1 aromatic carbocycles. The lowest BCUT2D eigenvalue weighted by atomic mass is 10.2. The smallest absolute Gasteiger partial charge is 0.181 e. The second kappa shape index (κ2) is 4.51. The molecule has 19 heavy (non-hydrogen) atoms. The van der Waals surface area contributed by atoms with Gasteiger partial charge in [-0.15, -0.1) is 0 Å². The molecule has 0 aliphatic heterocycles. The second-order valence-corrected chi connectivity index (χ2v) is 5.05. The van der Waals surface area contributed by atoms with Crippen LogP contribution in [0.25, 0.3) is 11.2 Å². The first-order valence-corrected chi connectivity index (χ1v) is 6.34. The number of hydrogen-bond donors (Lipinski definition) is 2. The van der Waals surface area contributed by atoms with Crippen LogP contribution >= 0.6 is 11.8 Å². The van der Waals surface area contributed by atoms with Crippen LogP contribution in [0, 0.1) is 12.7 Å². The molecule has 0 unspecified atom stereocenters. The molecule has 0 aliphatic rings. The molecule has 0 radical (unpaired) electrons. The number of H-pyrrole nitrogens is 1. The van der Waals surface area contributed by atoms with E-state index in [1.165, 1.54) is 24.2 Å². The number of nitrogen functional groups attached to an aromatic ring is 1. The Morgan fingerprint density at radius 3 is 2.95 bits per heavy atom. The van der Waals surface area contributed by atoms with Crippen molar-refractivity contribution >= 4 is 28.6 Å². The largest absolute Gasteiger partial charge is 0.398 e. The second-order valence-electron chi connectivity index (χ2n) is 4.02. The highest BCUT2D eigenvalue weighted by atomic mass is 32.2. The Morgan fingerprint density at radius 2 is 2.11 bits per heavy atom. The minimum absolute atomic E-state index is 0.309. The molecule has 0 atom stereocenters. The summed E-state index contributed by atoms with van der Waals surface area (Å²) in [6.07, 6.45) is 3.00. The van der Waals surface area contributed by atoms with Gasteiger partial charge in [-0.25, -0.2) is 19.3 Å². The van der Waals surface area contributed by atoms with Gasteiger partial charge in [0.25, 0.3) is 0 Å². The third-order valence-corrected chi connectivity index (χ3v) is 3.76. The van der Waals surface area contributed by atoms with Crippen LogP contribution < -0.4 is 5.73 Å². The maximum Gasteiger partial charge on any atom is 0.181 e. The first-order valence-electron chi connectivity index (χ1n) is 5.52. The van der Waals surface area contributed by atoms with E-state index < -0.39 is 0 Å². The third kappa shape index (κ3) is 2.12. The highest BCUT2D eigenvalue weighted by Crippen LogP contribution is 2.34. The summed E-state index contributed by atoms with van der Waals surface area (Å²) in [5.74, 6) is -0.309. The fourth-order valence-corrected chi connectivity index (χ4v) is 2.66. The van der Waals surface area contributed by atoms with Crippen molar-refractivity contribution in [3.05, 3.63) is 36.2 Å². The highest BCUT2D eigenvalue weighted by molar-refractivity contribution is 7.99. The van der Waals surface area contributed by atoms with Gasteiger partial charge in [0, 0.05) is 10.6 Å². The maximum absolute atomic E-state index is 13.4. The van der Waals surface area contributed by atoms with Gasteiger partial charge in [0.1, 0.15) is 22.7 Å². The predicted octanol–water partition coefficient (Wildman–Crippen LogP) is 2.53. The van der Waals surface area contributed by atoms with E-state index in [0.29, 0.717) is 21.9 Å². The molecule has 2 heterocycles. The van der Waals surface area contributed by atoms with E-state index in [1.807, 2.05) is 0 Å². The Hall–Kier alpha value is -2.15. The minimum atomic E-state index is -0.309. The number of imidazole rings is 1. The lowest BCUT2D eigenvalue weighted by Gasteiger charge is -2.07. The molecule has 0 amide bonds. The molecule has 0 saturated heterocycles. The van der Waals surface area contributed by atoms with Crippen LogP contribution in [-0.4, -0.2) is 19.9 Å². The van der Waals surface area contributed by atoms with E-state index in [-0.39, 0.29) is 5.82 Å². The molecule has 0 bridgehead atoms. The summed E-state index contributed by atoms with van der Waals surface area (Å²) in [5.41, 5.74) is 8.10. The average molecular weight is 275 g/mol. The van der Waals surface area contributed by atoms with Crippen LogP contribution in [0.15, 0.2) is 34.7 Å². The first-order chi connectivity index (χ1) is 9.15. The van der Waals surface area contributed by atoms with Crippen molar-refractivity contribution in [3.8, 4) is 0 Å².